The largest absolute Gasteiger partial charge is 0.355 e. The van der Waals surface area contributed by atoms with Crippen LogP contribution in [0.15, 0.2) is 18.2 Å². The number of nitrogens with one attached hydrogen (secondary N) is 1. The minimum atomic E-state index is -0.766. The van der Waals surface area contributed by atoms with Crippen LogP contribution in [-0.2, 0) is 4.79 Å². The van der Waals surface area contributed by atoms with Crippen molar-refractivity contribution in [1.29, 1.82) is 0 Å². The molecule has 0 aliphatic heterocycles. The minimum absolute atomic E-state index is 0.0243. The maximum Gasteiger partial charge on any atom is 0.234 e. The second-order valence-electron chi connectivity index (χ2n) is 4.17. The number of carbonyl (C=O) groups excluding carboxylic acids is 2. The van der Waals surface area contributed by atoms with Crippen molar-refractivity contribution in [3.05, 3.63) is 35.4 Å². The van der Waals surface area contributed by atoms with Gasteiger partial charge in [0.05, 0.1) is 18.7 Å². The molecule has 0 saturated heterocycles. The highest BCUT2D eigenvalue weighted by Gasteiger charge is 2.16. The predicted molar refractivity (Wildman–Crippen MR) is 66.9 cm³/mol. The van der Waals surface area contributed by atoms with Gasteiger partial charge in [0.2, 0.25) is 5.91 Å². The van der Waals surface area contributed by atoms with Gasteiger partial charge in [-0.15, -0.1) is 0 Å². The van der Waals surface area contributed by atoms with Crippen LogP contribution in [0, 0.1) is 11.6 Å². The first-order valence-electron chi connectivity index (χ1n) is 5.87. The first-order chi connectivity index (χ1) is 8.93. The lowest BCUT2D eigenvalue weighted by molar-refractivity contribution is -0.121. The Morgan fingerprint density at radius 2 is 1.95 bits per heavy atom. The number of ketones is 1. The Balaban J connectivity index is 2.64. The Labute approximate surface area is 110 Å². The fourth-order valence-corrected chi connectivity index (χ4v) is 1.60. The van der Waals surface area contributed by atoms with Crippen LogP contribution >= 0.6 is 0 Å². The van der Waals surface area contributed by atoms with Gasteiger partial charge in [-0.25, -0.2) is 8.78 Å². The highest BCUT2D eigenvalue weighted by atomic mass is 19.1. The molecule has 0 aliphatic carbocycles. The van der Waals surface area contributed by atoms with E-state index in [4.69, 9.17) is 0 Å². The zero-order valence-electron chi connectivity index (χ0n) is 10.9. The first kappa shape index (κ1) is 15.2. The second kappa shape index (κ2) is 6.94. The standard InChI is InChI=1S/C13H16F2N2O2/c1-3-16-13(19)8-17(2)7-12(18)10-6-9(14)4-5-11(10)15/h4-6H,3,7-8H2,1-2H3,(H,16,19). The lowest BCUT2D eigenvalue weighted by Gasteiger charge is -2.15. The zero-order chi connectivity index (χ0) is 14.4. The third kappa shape index (κ3) is 4.75. The van der Waals surface area contributed by atoms with Gasteiger partial charge in [-0.3, -0.25) is 14.5 Å². The molecule has 0 aromatic heterocycles. The third-order valence-electron chi connectivity index (χ3n) is 2.43. The Morgan fingerprint density at radius 1 is 1.26 bits per heavy atom. The molecule has 0 radical (unpaired) electrons. The second-order valence-corrected chi connectivity index (χ2v) is 4.17. The Kier molecular flexibility index (Phi) is 5.57. The van der Waals surface area contributed by atoms with Gasteiger partial charge in [-0.2, -0.15) is 0 Å². The zero-order valence-corrected chi connectivity index (χ0v) is 10.9. The number of hydrogen-bond donors (Lipinski definition) is 1. The van der Waals surface area contributed by atoms with Crippen molar-refractivity contribution >= 4 is 11.7 Å². The number of hydrogen-bond acceptors (Lipinski definition) is 3. The van der Waals surface area contributed by atoms with E-state index in [1.807, 2.05) is 0 Å². The molecule has 0 spiro atoms. The summed E-state index contributed by atoms with van der Waals surface area (Å²) in [5, 5.41) is 2.58. The molecule has 0 aliphatic rings. The summed E-state index contributed by atoms with van der Waals surface area (Å²) in [6.07, 6.45) is 0. The molecular weight excluding hydrogens is 254 g/mol. The molecule has 104 valence electrons. The van der Waals surface area contributed by atoms with Gasteiger partial charge in [0.25, 0.3) is 0 Å². The Hall–Kier alpha value is -1.82. The van der Waals surface area contributed by atoms with Crippen molar-refractivity contribution in [2.75, 3.05) is 26.7 Å². The van der Waals surface area contributed by atoms with Crippen molar-refractivity contribution in [3.8, 4) is 0 Å². The average molecular weight is 270 g/mol. The van der Waals surface area contributed by atoms with Gasteiger partial charge < -0.3 is 5.32 Å². The maximum absolute atomic E-state index is 13.4. The monoisotopic (exact) mass is 270 g/mol. The third-order valence-corrected chi connectivity index (χ3v) is 2.43. The van der Waals surface area contributed by atoms with Crippen molar-refractivity contribution in [3.63, 3.8) is 0 Å². The van der Waals surface area contributed by atoms with E-state index in [0.717, 1.165) is 18.2 Å². The highest BCUT2D eigenvalue weighted by molar-refractivity contribution is 5.98. The smallest absolute Gasteiger partial charge is 0.234 e. The van der Waals surface area contributed by atoms with Gasteiger partial charge >= 0.3 is 0 Å². The van der Waals surface area contributed by atoms with Crippen molar-refractivity contribution in [2.24, 2.45) is 0 Å². The van der Waals surface area contributed by atoms with E-state index in [0.29, 0.717) is 6.54 Å². The molecule has 0 saturated carbocycles. The quantitative estimate of drug-likeness (QED) is 0.791. The molecule has 1 aromatic carbocycles. The molecule has 0 fully saturated rings. The number of likely N-dealkylation sites (N-methyl/N-ethyl adjacent to an activating group) is 2. The lowest BCUT2D eigenvalue weighted by atomic mass is 10.1. The van der Waals surface area contributed by atoms with E-state index in [9.17, 15) is 18.4 Å². The summed E-state index contributed by atoms with van der Waals surface area (Å²) < 4.78 is 26.3. The summed E-state index contributed by atoms with van der Waals surface area (Å²) in [7, 11) is 1.56. The number of amides is 1. The molecule has 19 heavy (non-hydrogen) atoms. The van der Waals surface area contributed by atoms with Crippen LogP contribution < -0.4 is 5.32 Å². The summed E-state index contributed by atoms with van der Waals surface area (Å²) in [5.74, 6) is -2.23. The normalized spacial score (nSPS) is 10.6. The summed E-state index contributed by atoms with van der Waals surface area (Å²) >= 11 is 0. The van der Waals surface area contributed by atoms with Crippen LogP contribution in [0.25, 0.3) is 0 Å². The number of carbonyl (C=O) groups is 2. The van der Waals surface area contributed by atoms with E-state index < -0.39 is 17.4 Å². The van der Waals surface area contributed by atoms with E-state index in [1.165, 1.54) is 4.90 Å². The van der Waals surface area contributed by atoms with Crippen LogP contribution in [-0.4, -0.2) is 43.3 Å². The molecule has 4 nitrogen and oxygen atoms in total. The average Bonchev–Trinajstić information content (AvgIpc) is 2.32. The SMILES string of the molecule is CCNC(=O)CN(C)CC(=O)c1cc(F)ccc1F. The predicted octanol–water partition coefficient (Wildman–Crippen LogP) is 1.22. The molecule has 1 rings (SSSR count). The molecule has 0 unspecified atom stereocenters. The Morgan fingerprint density at radius 3 is 2.58 bits per heavy atom. The van der Waals surface area contributed by atoms with E-state index in [-0.39, 0.29) is 24.6 Å². The highest BCUT2D eigenvalue weighted by Crippen LogP contribution is 2.10. The van der Waals surface area contributed by atoms with Crippen molar-refractivity contribution in [1.82, 2.24) is 10.2 Å². The summed E-state index contributed by atoms with van der Waals surface area (Å²) in [6.45, 7) is 2.15. The topological polar surface area (TPSA) is 49.4 Å². The Bertz CT molecular complexity index is 478. The van der Waals surface area contributed by atoms with E-state index in [2.05, 4.69) is 5.32 Å². The summed E-state index contributed by atoms with van der Waals surface area (Å²) in [6, 6.07) is 2.72. The van der Waals surface area contributed by atoms with E-state index in [1.54, 1.807) is 14.0 Å². The van der Waals surface area contributed by atoms with E-state index >= 15 is 0 Å². The van der Waals surface area contributed by atoms with Crippen LogP contribution in [0.2, 0.25) is 0 Å². The van der Waals surface area contributed by atoms with Crippen molar-refractivity contribution < 1.29 is 18.4 Å². The van der Waals surface area contributed by atoms with Gasteiger partial charge in [-0.05, 0) is 32.2 Å². The van der Waals surface area contributed by atoms with Crippen LogP contribution in [0.4, 0.5) is 8.78 Å². The van der Waals surface area contributed by atoms with Crippen LogP contribution in [0.1, 0.15) is 17.3 Å². The van der Waals surface area contributed by atoms with Gasteiger partial charge in [0, 0.05) is 6.54 Å². The number of Topliss-reactive ketones (excluding diaryl/α,β-unsaturated/α-hetero) is 1. The fraction of sp³-hybridized carbons (Fsp3) is 0.385. The number of benzene rings is 1. The molecular formula is C13H16F2N2O2. The maximum atomic E-state index is 13.4. The first-order valence-corrected chi connectivity index (χ1v) is 5.87. The molecule has 1 amide bonds. The molecule has 6 heteroatoms. The molecule has 0 bridgehead atoms. The summed E-state index contributed by atoms with van der Waals surface area (Å²) in [5.41, 5.74) is -0.303. The fourth-order valence-electron chi connectivity index (χ4n) is 1.60. The molecule has 1 aromatic rings. The van der Waals surface area contributed by atoms with Gasteiger partial charge in [0.1, 0.15) is 11.6 Å². The number of halogens is 2. The molecule has 0 heterocycles. The molecule has 1 N–H and O–H groups in total. The molecule has 0 atom stereocenters. The van der Waals surface area contributed by atoms with Crippen molar-refractivity contribution in [2.45, 2.75) is 6.92 Å². The van der Waals surface area contributed by atoms with Crippen LogP contribution in [0.5, 0.6) is 0 Å². The lowest BCUT2D eigenvalue weighted by Crippen LogP contribution is -2.37. The summed E-state index contributed by atoms with van der Waals surface area (Å²) in [4.78, 5) is 24.5. The van der Waals surface area contributed by atoms with Gasteiger partial charge in [-0.1, -0.05) is 0 Å². The van der Waals surface area contributed by atoms with Gasteiger partial charge in [0.15, 0.2) is 5.78 Å². The van der Waals surface area contributed by atoms with Crippen LogP contribution in [0.3, 0.4) is 0 Å². The minimum Gasteiger partial charge on any atom is -0.355 e. The number of rotatable bonds is 6. The number of nitrogens with zero attached hydrogens (tertiary/aromatic N) is 1.